The number of rotatable bonds is 55. The van der Waals surface area contributed by atoms with Crippen molar-refractivity contribution in [1.82, 2.24) is 24.5 Å². The number of carbonyl (C=O) groups is 3. The van der Waals surface area contributed by atoms with Gasteiger partial charge in [-0.1, -0.05) is 239 Å². The summed E-state index contributed by atoms with van der Waals surface area (Å²) < 4.78 is 5.67. The fraction of sp³-hybridized carbons (Fsp3) is 0.922. The summed E-state index contributed by atoms with van der Waals surface area (Å²) >= 11 is 0. The smallest absolute Gasteiger partial charge is 0.305 e. The summed E-state index contributed by atoms with van der Waals surface area (Å²) in [6, 6.07) is 0. The Morgan fingerprint density at radius 1 is 0.342 bits per heavy atom. The number of hydrogen-bond donors (Lipinski definition) is 0. The van der Waals surface area contributed by atoms with Crippen LogP contribution in [0.2, 0.25) is 0 Å². The van der Waals surface area contributed by atoms with Crippen LogP contribution in [-0.4, -0.2) is 134 Å². The molecule has 1 aliphatic heterocycles. The Balaban J connectivity index is 2.80. The van der Waals surface area contributed by atoms with Gasteiger partial charge in [-0.05, 0) is 84.0 Å². The largest absolute Gasteiger partial charge is 0.466 e. The van der Waals surface area contributed by atoms with Crippen molar-refractivity contribution in [2.75, 3.05) is 91.7 Å². The van der Waals surface area contributed by atoms with Gasteiger partial charge in [-0.3, -0.25) is 24.2 Å². The second-order valence-corrected chi connectivity index (χ2v) is 22.5. The third-order valence-electron chi connectivity index (χ3n) is 15.5. The molecule has 0 aliphatic carbocycles. The van der Waals surface area contributed by atoms with Crippen LogP contribution >= 0.6 is 0 Å². The molecule has 0 aromatic carbocycles. The van der Waals surface area contributed by atoms with E-state index in [4.69, 9.17) is 4.74 Å². The lowest BCUT2D eigenvalue weighted by molar-refractivity contribution is -0.144. The predicted octanol–water partition coefficient (Wildman–Crippen LogP) is 16.4. The standard InChI is InChI=1S/C64H125N5O4/c1-6-11-16-21-26-27-28-29-30-35-40-44-50-66(52-46-59-73-64(72)47-41-36-31-22-17-12-7-2)60-62(70)68-55-57-69(58-56-68)63(71)61-67(51-45-39-34-25-20-15-10-5)54-53-65(48-42-37-32-23-18-13-8-3)49-43-38-33-24-19-14-9-4/h21,26H,6-20,22-25,27-61H2,1-5H3. The second kappa shape index (κ2) is 53.4. The van der Waals surface area contributed by atoms with Gasteiger partial charge in [0.1, 0.15) is 0 Å². The van der Waals surface area contributed by atoms with Gasteiger partial charge >= 0.3 is 5.97 Å². The minimum atomic E-state index is -0.0828. The van der Waals surface area contributed by atoms with Crippen LogP contribution in [0.5, 0.6) is 0 Å². The van der Waals surface area contributed by atoms with Crippen molar-refractivity contribution in [2.45, 2.75) is 291 Å². The minimum absolute atomic E-state index is 0.0828. The number of amides is 2. The first-order valence-electron chi connectivity index (χ1n) is 32.4. The Morgan fingerprint density at radius 2 is 0.644 bits per heavy atom. The van der Waals surface area contributed by atoms with Crippen LogP contribution in [0.1, 0.15) is 291 Å². The molecule has 1 heterocycles. The van der Waals surface area contributed by atoms with E-state index in [2.05, 4.69) is 61.5 Å². The molecule has 0 radical (unpaired) electrons. The number of hydrogen-bond acceptors (Lipinski definition) is 7. The van der Waals surface area contributed by atoms with Gasteiger partial charge < -0.3 is 19.4 Å². The molecular formula is C64H125N5O4. The summed E-state index contributed by atoms with van der Waals surface area (Å²) in [6.07, 6.45) is 54.4. The van der Waals surface area contributed by atoms with Crippen molar-refractivity contribution in [3.05, 3.63) is 12.2 Å². The van der Waals surface area contributed by atoms with Crippen molar-refractivity contribution < 1.29 is 19.1 Å². The highest BCUT2D eigenvalue weighted by Crippen LogP contribution is 2.15. The normalized spacial score (nSPS) is 13.2. The zero-order valence-electron chi connectivity index (χ0n) is 49.7. The molecule has 0 aromatic rings. The van der Waals surface area contributed by atoms with E-state index in [1.165, 1.54) is 231 Å². The van der Waals surface area contributed by atoms with E-state index >= 15 is 0 Å². The van der Waals surface area contributed by atoms with Gasteiger partial charge in [-0.15, -0.1) is 0 Å². The van der Waals surface area contributed by atoms with E-state index in [1.54, 1.807) is 0 Å². The molecular weight excluding hydrogens is 903 g/mol. The van der Waals surface area contributed by atoms with Crippen LogP contribution in [0.15, 0.2) is 12.2 Å². The first-order chi connectivity index (χ1) is 35.9. The van der Waals surface area contributed by atoms with Gasteiger partial charge in [0.05, 0.1) is 19.7 Å². The van der Waals surface area contributed by atoms with Crippen molar-refractivity contribution in [1.29, 1.82) is 0 Å². The minimum Gasteiger partial charge on any atom is -0.466 e. The molecule has 9 heteroatoms. The Labute approximate surface area is 454 Å². The van der Waals surface area contributed by atoms with Crippen LogP contribution in [0.25, 0.3) is 0 Å². The van der Waals surface area contributed by atoms with Gasteiger partial charge in [0.15, 0.2) is 0 Å². The molecule has 0 spiro atoms. The molecule has 430 valence electrons. The van der Waals surface area contributed by atoms with E-state index < -0.39 is 0 Å². The molecule has 1 saturated heterocycles. The molecule has 1 fully saturated rings. The molecule has 9 nitrogen and oxygen atoms in total. The lowest BCUT2D eigenvalue weighted by atomic mass is 10.1. The average Bonchev–Trinajstić information content (AvgIpc) is 3.40. The van der Waals surface area contributed by atoms with Crippen LogP contribution in [0, 0.1) is 0 Å². The number of unbranched alkanes of at least 4 members (excludes halogenated alkanes) is 32. The van der Waals surface area contributed by atoms with Gasteiger partial charge in [0.25, 0.3) is 0 Å². The summed E-state index contributed by atoms with van der Waals surface area (Å²) in [7, 11) is 0. The Morgan fingerprint density at radius 3 is 1.05 bits per heavy atom. The molecule has 1 aliphatic rings. The zero-order chi connectivity index (χ0) is 52.9. The highest BCUT2D eigenvalue weighted by Gasteiger charge is 2.26. The van der Waals surface area contributed by atoms with Crippen LogP contribution < -0.4 is 0 Å². The summed E-state index contributed by atoms with van der Waals surface area (Å²) in [6.45, 7) is 22.1. The predicted molar refractivity (Wildman–Crippen MR) is 316 cm³/mol. The number of nitrogens with zero attached hydrogens (tertiary/aromatic N) is 5. The van der Waals surface area contributed by atoms with E-state index in [9.17, 15) is 14.4 Å². The molecule has 2 amide bonds. The Hall–Kier alpha value is -1.97. The third kappa shape index (κ3) is 43.8. The topological polar surface area (TPSA) is 76.6 Å². The summed E-state index contributed by atoms with van der Waals surface area (Å²) in [4.78, 5) is 52.1. The maximum Gasteiger partial charge on any atom is 0.305 e. The van der Waals surface area contributed by atoms with E-state index in [0.717, 1.165) is 64.8 Å². The molecule has 0 unspecified atom stereocenters. The number of esters is 1. The van der Waals surface area contributed by atoms with E-state index in [1.807, 2.05) is 9.80 Å². The van der Waals surface area contributed by atoms with Crippen LogP contribution in [-0.2, 0) is 19.1 Å². The van der Waals surface area contributed by atoms with Crippen molar-refractivity contribution in [3.8, 4) is 0 Å². The fourth-order valence-electron chi connectivity index (χ4n) is 10.5. The fourth-order valence-corrected chi connectivity index (χ4v) is 10.5. The average molecular weight is 1030 g/mol. The highest BCUT2D eigenvalue weighted by atomic mass is 16.5. The Bertz CT molecular complexity index is 1220. The van der Waals surface area contributed by atoms with Gasteiger partial charge in [-0.2, -0.15) is 0 Å². The molecule has 1 rings (SSSR count). The lowest BCUT2D eigenvalue weighted by Gasteiger charge is -2.37. The van der Waals surface area contributed by atoms with Gasteiger partial charge in [0, 0.05) is 52.2 Å². The first kappa shape index (κ1) is 69.0. The lowest BCUT2D eigenvalue weighted by Crippen LogP contribution is -2.54. The highest BCUT2D eigenvalue weighted by molar-refractivity contribution is 5.80. The van der Waals surface area contributed by atoms with Crippen LogP contribution in [0.4, 0.5) is 0 Å². The molecule has 0 N–H and O–H groups in total. The second-order valence-electron chi connectivity index (χ2n) is 22.5. The molecule has 73 heavy (non-hydrogen) atoms. The zero-order valence-corrected chi connectivity index (χ0v) is 49.7. The maximum atomic E-state index is 14.1. The summed E-state index contributed by atoms with van der Waals surface area (Å²) in [5.41, 5.74) is 0. The van der Waals surface area contributed by atoms with Crippen LogP contribution in [0.3, 0.4) is 0 Å². The maximum absolute atomic E-state index is 14.1. The number of allylic oxidation sites excluding steroid dienone is 2. The molecule has 0 aromatic heterocycles. The number of carbonyl (C=O) groups excluding carboxylic acids is 3. The van der Waals surface area contributed by atoms with Crippen molar-refractivity contribution in [2.24, 2.45) is 0 Å². The quantitative estimate of drug-likeness (QED) is 0.0341. The SMILES string of the molecule is CCCCC=CCCCCCCCCN(CCCOC(=O)CCCCCCCCC)CC(=O)N1CCN(C(=O)CN(CCCCCCCCC)CCN(CCCCCCCCC)CCCCCCCCC)CC1. The number of ether oxygens (including phenoxy) is 1. The summed E-state index contributed by atoms with van der Waals surface area (Å²) in [5.74, 6) is 0.311. The summed E-state index contributed by atoms with van der Waals surface area (Å²) in [5, 5.41) is 0. The van der Waals surface area contributed by atoms with E-state index in [0.29, 0.717) is 52.3 Å². The number of piperazine rings is 1. The monoisotopic (exact) mass is 1030 g/mol. The molecule has 0 atom stereocenters. The van der Waals surface area contributed by atoms with Crippen molar-refractivity contribution in [3.63, 3.8) is 0 Å². The Kier molecular flexibility index (Phi) is 50.5. The first-order valence-corrected chi connectivity index (χ1v) is 32.4. The molecule has 0 saturated carbocycles. The van der Waals surface area contributed by atoms with E-state index in [-0.39, 0.29) is 17.8 Å². The van der Waals surface area contributed by atoms with Gasteiger partial charge in [-0.25, -0.2) is 0 Å². The van der Waals surface area contributed by atoms with Gasteiger partial charge in [0.2, 0.25) is 11.8 Å². The molecule has 0 bridgehead atoms. The third-order valence-corrected chi connectivity index (χ3v) is 15.5. The van der Waals surface area contributed by atoms with Crippen molar-refractivity contribution >= 4 is 17.8 Å².